The van der Waals surface area contributed by atoms with Crippen LogP contribution in [0.3, 0.4) is 0 Å². The number of rotatable bonds is 6. The molecule has 5 nitrogen and oxygen atoms in total. The monoisotopic (exact) mass is 317 g/mol. The van der Waals surface area contributed by atoms with E-state index in [9.17, 15) is 0 Å². The van der Waals surface area contributed by atoms with Gasteiger partial charge in [0.2, 0.25) is 5.16 Å². The molecule has 0 atom stereocenters. The van der Waals surface area contributed by atoms with E-state index in [2.05, 4.69) is 20.8 Å². The van der Waals surface area contributed by atoms with E-state index in [4.69, 9.17) is 23.2 Å². The highest BCUT2D eigenvalue weighted by molar-refractivity contribution is 7.99. The van der Waals surface area contributed by atoms with E-state index in [1.54, 1.807) is 22.5 Å². The number of thioether (sulfide) groups is 1. The van der Waals surface area contributed by atoms with Crippen molar-refractivity contribution in [2.24, 2.45) is 7.05 Å². The van der Waals surface area contributed by atoms with E-state index >= 15 is 0 Å². The summed E-state index contributed by atoms with van der Waals surface area (Å²) in [5, 5.41) is 16.6. The molecule has 1 N–H and O–H groups in total. The van der Waals surface area contributed by atoms with Crippen LogP contribution >= 0.6 is 35.0 Å². The molecule has 0 saturated carbocycles. The highest BCUT2D eigenvalue weighted by Gasteiger charge is 2.04. The molecule has 1 aromatic heterocycles. The summed E-state index contributed by atoms with van der Waals surface area (Å²) in [5.74, 6) is 0.881. The fourth-order valence-corrected chi connectivity index (χ4v) is 2.60. The van der Waals surface area contributed by atoms with E-state index < -0.39 is 0 Å². The number of halogens is 2. The summed E-state index contributed by atoms with van der Waals surface area (Å²) in [6.07, 6.45) is 0. The first-order valence-corrected chi connectivity index (χ1v) is 7.41. The molecule has 0 saturated heterocycles. The number of benzene rings is 1. The molecule has 0 radical (unpaired) electrons. The predicted molar refractivity (Wildman–Crippen MR) is 77.7 cm³/mol. The Morgan fingerprint density at radius 1 is 1.37 bits per heavy atom. The van der Waals surface area contributed by atoms with Crippen LogP contribution in [-0.4, -0.2) is 32.5 Å². The molecule has 8 heteroatoms. The molecule has 19 heavy (non-hydrogen) atoms. The molecule has 1 aromatic carbocycles. The molecule has 0 aliphatic carbocycles. The SMILES string of the molecule is Cn1nnnc1SCCNCc1cccc(Cl)c1Cl. The molecular formula is C11H13Cl2N5S. The predicted octanol–water partition coefficient (Wildman–Crippen LogP) is 2.40. The molecule has 102 valence electrons. The zero-order valence-electron chi connectivity index (χ0n) is 10.3. The van der Waals surface area contributed by atoms with Crippen molar-refractivity contribution in [3.8, 4) is 0 Å². The van der Waals surface area contributed by atoms with Crippen LogP contribution in [0.15, 0.2) is 23.4 Å². The number of nitrogens with zero attached hydrogens (tertiary/aromatic N) is 4. The standard InChI is InChI=1S/C11H13Cl2N5S/c1-18-11(15-16-17-18)19-6-5-14-7-8-3-2-4-9(12)10(8)13/h2-4,14H,5-7H2,1H3. The number of aromatic nitrogens is 4. The van der Waals surface area contributed by atoms with Gasteiger partial charge in [0.25, 0.3) is 0 Å². The Hall–Kier alpha value is -0.820. The quantitative estimate of drug-likeness (QED) is 0.655. The Labute approximate surface area is 125 Å². The maximum Gasteiger partial charge on any atom is 0.209 e. The largest absolute Gasteiger partial charge is 0.312 e. The molecule has 1 heterocycles. The summed E-state index contributed by atoms with van der Waals surface area (Å²) in [4.78, 5) is 0. The van der Waals surface area contributed by atoms with Gasteiger partial charge < -0.3 is 5.32 Å². The second-order valence-corrected chi connectivity index (χ2v) is 5.67. The Balaban J connectivity index is 1.72. The summed E-state index contributed by atoms with van der Waals surface area (Å²) < 4.78 is 1.65. The molecule has 0 spiro atoms. The first-order chi connectivity index (χ1) is 9.18. The normalized spacial score (nSPS) is 10.9. The smallest absolute Gasteiger partial charge is 0.209 e. The first-order valence-electron chi connectivity index (χ1n) is 5.67. The van der Waals surface area contributed by atoms with Crippen LogP contribution in [0.1, 0.15) is 5.56 Å². The average Bonchev–Trinajstić information content (AvgIpc) is 2.80. The maximum absolute atomic E-state index is 6.10. The maximum atomic E-state index is 6.10. The lowest BCUT2D eigenvalue weighted by Crippen LogP contribution is -2.17. The highest BCUT2D eigenvalue weighted by atomic mass is 35.5. The number of hydrogen-bond donors (Lipinski definition) is 1. The molecule has 0 amide bonds. The molecular weight excluding hydrogens is 305 g/mol. The third-order valence-corrected chi connectivity index (χ3v) is 4.31. The Bertz CT molecular complexity index is 546. The zero-order chi connectivity index (χ0) is 13.7. The average molecular weight is 318 g/mol. The molecule has 0 unspecified atom stereocenters. The van der Waals surface area contributed by atoms with Gasteiger partial charge in [0.05, 0.1) is 10.0 Å². The van der Waals surface area contributed by atoms with Crippen LogP contribution in [0.25, 0.3) is 0 Å². The summed E-state index contributed by atoms with van der Waals surface area (Å²) in [7, 11) is 1.82. The van der Waals surface area contributed by atoms with Crippen molar-refractivity contribution in [2.45, 2.75) is 11.7 Å². The van der Waals surface area contributed by atoms with Gasteiger partial charge in [-0.05, 0) is 22.1 Å². The topological polar surface area (TPSA) is 55.6 Å². The van der Waals surface area contributed by atoms with E-state index in [0.717, 1.165) is 23.0 Å². The zero-order valence-corrected chi connectivity index (χ0v) is 12.6. The summed E-state index contributed by atoms with van der Waals surface area (Å²) in [6.45, 7) is 1.53. The van der Waals surface area contributed by atoms with Crippen LogP contribution in [0.4, 0.5) is 0 Å². The Morgan fingerprint density at radius 3 is 2.95 bits per heavy atom. The first kappa shape index (κ1) is 14.6. The number of hydrogen-bond acceptors (Lipinski definition) is 5. The third-order valence-electron chi connectivity index (χ3n) is 2.44. The molecule has 0 aliphatic rings. The molecule has 2 aromatic rings. The molecule has 0 aliphatic heterocycles. The lowest BCUT2D eigenvalue weighted by atomic mass is 10.2. The van der Waals surface area contributed by atoms with Gasteiger partial charge >= 0.3 is 0 Å². The Kier molecular flexibility index (Phi) is 5.45. The lowest BCUT2D eigenvalue weighted by molar-refractivity contribution is 0.663. The van der Waals surface area contributed by atoms with Crippen molar-refractivity contribution in [3.05, 3.63) is 33.8 Å². The highest BCUT2D eigenvalue weighted by Crippen LogP contribution is 2.25. The van der Waals surface area contributed by atoms with Gasteiger partial charge in [0, 0.05) is 25.9 Å². The third kappa shape index (κ3) is 4.07. The van der Waals surface area contributed by atoms with Crippen molar-refractivity contribution in [1.29, 1.82) is 0 Å². The van der Waals surface area contributed by atoms with E-state index in [-0.39, 0.29) is 0 Å². The van der Waals surface area contributed by atoms with Crippen LogP contribution in [0.5, 0.6) is 0 Å². The van der Waals surface area contributed by atoms with E-state index in [1.165, 1.54) is 0 Å². The van der Waals surface area contributed by atoms with Crippen LogP contribution in [-0.2, 0) is 13.6 Å². The minimum absolute atomic E-state index is 0.584. The second kappa shape index (κ2) is 7.09. The van der Waals surface area contributed by atoms with Crippen molar-refractivity contribution in [2.75, 3.05) is 12.3 Å². The summed E-state index contributed by atoms with van der Waals surface area (Å²) >= 11 is 13.7. The van der Waals surface area contributed by atoms with Crippen molar-refractivity contribution >= 4 is 35.0 Å². The van der Waals surface area contributed by atoms with Gasteiger partial charge in [0.15, 0.2) is 0 Å². The number of nitrogens with one attached hydrogen (secondary N) is 1. The summed E-state index contributed by atoms with van der Waals surface area (Å²) in [5.41, 5.74) is 1.000. The van der Waals surface area contributed by atoms with Crippen LogP contribution in [0.2, 0.25) is 10.0 Å². The van der Waals surface area contributed by atoms with Gasteiger partial charge in [0.1, 0.15) is 0 Å². The van der Waals surface area contributed by atoms with Gasteiger partial charge in [-0.25, -0.2) is 4.68 Å². The van der Waals surface area contributed by atoms with E-state index in [1.807, 2.05) is 19.2 Å². The number of aryl methyl sites for hydroxylation is 1. The van der Waals surface area contributed by atoms with Gasteiger partial charge in [-0.15, -0.1) is 5.10 Å². The number of tetrazole rings is 1. The van der Waals surface area contributed by atoms with E-state index in [0.29, 0.717) is 16.6 Å². The van der Waals surface area contributed by atoms with Gasteiger partial charge in [-0.3, -0.25) is 0 Å². The van der Waals surface area contributed by atoms with Crippen LogP contribution in [0, 0.1) is 0 Å². The summed E-state index contributed by atoms with van der Waals surface area (Å²) in [6, 6.07) is 5.64. The fourth-order valence-electron chi connectivity index (χ4n) is 1.47. The lowest BCUT2D eigenvalue weighted by Gasteiger charge is -2.07. The second-order valence-electron chi connectivity index (χ2n) is 3.82. The van der Waals surface area contributed by atoms with Gasteiger partial charge in [-0.2, -0.15) is 0 Å². The minimum Gasteiger partial charge on any atom is -0.312 e. The van der Waals surface area contributed by atoms with Crippen molar-refractivity contribution < 1.29 is 0 Å². The Morgan fingerprint density at radius 2 is 2.21 bits per heavy atom. The minimum atomic E-state index is 0.584. The molecule has 0 fully saturated rings. The van der Waals surface area contributed by atoms with Gasteiger partial charge in [-0.1, -0.05) is 47.1 Å². The molecule has 2 rings (SSSR count). The van der Waals surface area contributed by atoms with Crippen LogP contribution < -0.4 is 5.32 Å². The fraction of sp³-hybridized carbons (Fsp3) is 0.364. The molecule has 0 bridgehead atoms. The van der Waals surface area contributed by atoms with Crippen molar-refractivity contribution in [3.63, 3.8) is 0 Å². The van der Waals surface area contributed by atoms with Crippen molar-refractivity contribution in [1.82, 2.24) is 25.5 Å².